The van der Waals surface area contributed by atoms with E-state index in [2.05, 4.69) is 17.1 Å². The number of esters is 1. The van der Waals surface area contributed by atoms with Gasteiger partial charge < -0.3 is 9.64 Å². The highest BCUT2D eigenvalue weighted by Crippen LogP contribution is 2.30. The van der Waals surface area contributed by atoms with Crippen molar-refractivity contribution < 1.29 is 9.53 Å². The summed E-state index contributed by atoms with van der Waals surface area (Å²) in [5, 5.41) is 0.673. The third-order valence-electron chi connectivity index (χ3n) is 3.19. The number of halogens is 1. The van der Waals surface area contributed by atoms with Crippen LogP contribution < -0.4 is 4.90 Å². The lowest BCUT2D eigenvalue weighted by Crippen LogP contribution is -2.19. The number of anilines is 1. The zero-order chi connectivity index (χ0) is 13.1. The summed E-state index contributed by atoms with van der Waals surface area (Å²) >= 11 is 6.28. The van der Waals surface area contributed by atoms with Crippen molar-refractivity contribution >= 4 is 23.3 Å². The topological polar surface area (TPSA) is 29.5 Å². The third-order valence-corrected chi connectivity index (χ3v) is 3.49. The van der Waals surface area contributed by atoms with Gasteiger partial charge in [-0.15, -0.1) is 0 Å². The van der Waals surface area contributed by atoms with Gasteiger partial charge in [-0.1, -0.05) is 29.8 Å². The van der Waals surface area contributed by atoms with E-state index in [1.165, 1.54) is 7.11 Å². The molecule has 18 heavy (non-hydrogen) atoms. The molecule has 0 saturated carbocycles. The Balaban J connectivity index is 2.21. The standard InChI is InChI=1S/C14H16ClNO2/c1-10(14(17)18-2)11-5-6-13(12(15)9-11)16-7-3-4-8-16/h3-6,9-10H,7-8H2,1-2H3. The summed E-state index contributed by atoms with van der Waals surface area (Å²) in [6.45, 7) is 3.58. The first-order valence-electron chi connectivity index (χ1n) is 5.90. The molecule has 2 rings (SSSR count). The molecule has 1 heterocycles. The van der Waals surface area contributed by atoms with Crippen LogP contribution in [-0.4, -0.2) is 26.2 Å². The number of carbonyl (C=O) groups excluding carboxylic acids is 1. The summed E-state index contributed by atoms with van der Waals surface area (Å²) in [4.78, 5) is 13.7. The van der Waals surface area contributed by atoms with E-state index in [0.29, 0.717) is 5.02 Å². The molecule has 0 fully saturated rings. The molecule has 1 aliphatic heterocycles. The van der Waals surface area contributed by atoms with Gasteiger partial charge in [0.15, 0.2) is 0 Å². The van der Waals surface area contributed by atoms with Gasteiger partial charge >= 0.3 is 5.97 Å². The SMILES string of the molecule is COC(=O)C(C)c1ccc(N2CC=CC2)c(Cl)c1. The van der Waals surface area contributed by atoms with Crippen LogP contribution in [0.15, 0.2) is 30.4 Å². The lowest BCUT2D eigenvalue weighted by Gasteiger charge is -2.20. The molecular formula is C14H16ClNO2. The van der Waals surface area contributed by atoms with E-state index in [9.17, 15) is 4.79 Å². The zero-order valence-corrected chi connectivity index (χ0v) is 11.3. The number of benzene rings is 1. The average Bonchev–Trinajstić information content (AvgIpc) is 2.90. The second kappa shape index (κ2) is 5.44. The minimum Gasteiger partial charge on any atom is -0.469 e. The van der Waals surface area contributed by atoms with Gasteiger partial charge in [-0.25, -0.2) is 0 Å². The van der Waals surface area contributed by atoms with Crippen LogP contribution in [0.1, 0.15) is 18.4 Å². The average molecular weight is 266 g/mol. The van der Waals surface area contributed by atoms with Crippen molar-refractivity contribution in [2.24, 2.45) is 0 Å². The highest BCUT2D eigenvalue weighted by atomic mass is 35.5. The smallest absolute Gasteiger partial charge is 0.312 e. The van der Waals surface area contributed by atoms with E-state index in [0.717, 1.165) is 24.3 Å². The Morgan fingerprint density at radius 2 is 2.06 bits per heavy atom. The molecule has 0 bridgehead atoms. The maximum Gasteiger partial charge on any atom is 0.312 e. The van der Waals surface area contributed by atoms with Gasteiger partial charge in [-0.05, 0) is 24.6 Å². The van der Waals surface area contributed by atoms with Crippen LogP contribution >= 0.6 is 11.6 Å². The predicted octanol–water partition coefficient (Wildman–Crippen LogP) is 2.99. The first-order valence-corrected chi connectivity index (χ1v) is 6.28. The molecule has 96 valence electrons. The summed E-state index contributed by atoms with van der Waals surface area (Å²) < 4.78 is 4.73. The highest BCUT2D eigenvalue weighted by molar-refractivity contribution is 6.33. The number of hydrogen-bond donors (Lipinski definition) is 0. The highest BCUT2D eigenvalue weighted by Gasteiger charge is 2.18. The Morgan fingerprint density at radius 1 is 1.39 bits per heavy atom. The van der Waals surface area contributed by atoms with Crippen LogP contribution in [0, 0.1) is 0 Å². The van der Waals surface area contributed by atoms with Gasteiger partial charge in [0.2, 0.25) is 0 Å². The summed E-state index contributed by atoms with van der Waals surface area (Å²) in [6.07, 6.45) is 4.22. The Morgan fingerprint density at radius 3 is 2.61 bits per heavy atom. The number of ether oxygens (including phenoxy) is 1. The summed E-state index contributed by atoms with van der Waals surface area (Å²) in [5.41, 5.74) is 1.88. The molecule has 1 unspecified atom stereocenters. The normalized spacial score (nSPS) is 15.8. The fourth-order valence-corrected chi connectivity index (χ4v) is 2.35. The van der Waals surface area contributed by atoms with E-state index < -0.39 is 0 Å². The van der Waals surface area contributed by atoms with Crippen molar-refractivity contribution in [2.45, 2.75) is 12.8 Å². The van der Waals surface area contributed by atoms with Gasteiger partial charge in [-0.2, -0.15) is 0 Å². The molecular weight excluding hydrogens is 250 g/mol. The van der Waals surface area contributed by atoms with Crippen molar-refractivity contribution in [3.63, 3.8) is 0 Å². The maximum absolute atomic E-state index is 11.5. The van der Waals surface area contributed by atoms with Crippen molar-refractivity contribution in [2.75, 3.05) is 25.1 Å². The van der Waals surface area contributed by atoms with Gasteiger partial charge in [0.1, 0.15) is 0 Å². The minimum absolute atomic E-state index is 0.248. The second-order valence-corrected chi connectivity index (χ2v) is 4.74. The second-order valence-electron chi connectivity index (χ2n) is 4.33. The van der Waals surface area contributed by atoms with Gasteiger partial charge in [-0.3, -0.25) is 4.79 Å². The van der Waals surface area contributed by atoms with Crippen LogP contribution in [0.4, 0.5) is 5.69 Å². The molecule has 0 spiro atoms. The Labute approximate surface area is 112 Å². The molecule has 1 aromatic rings. The lowest BCUT2D eigenvalue weighted by molar-refractivity contribution is -0.141. The fourth-order valence-electron chi connectivity index (χ4n) is 2.04. The molecule has 1 aliphatic rings. The summed E-state index contributed by atoms with van der Waals surface area (Å²) in [7, 11) is 1.39. The summed E-state index contributed by atoms with van der Waals surface area (Å²) in [5.74, 6) is -0.542. The van der Waals surface area contributed by atoms with Crippen LogP contribution in [0.3, 0.4) is 0 Å². The Kier molecular flexibility index (Phi) is 3.92. The number of hydrogen-bond acceptors (Lipinski definition) is 3. The lowest BCUT2D eigenvalue weighted by atomic mass is 10.0. The number of rotatable bonds is 3. The fraction of sp³-hybridized carbons (Fsp3) is 0.357. The first-order chi connectivity index (χ1) is 8.63. The van der Waals surface area contributed by atoms with Crippen LogP contribution in [0.5, 0.6) is 0 Å². The van der Waals surface area contributed by atoms with Crippen molar-refractivity contribution in [3.8, 4) is 0 Å². The van der Waals surface area contributed by atoms with Crippen LogP contribution in [0.2, 0.25) is 5.02 Å². The number of methoxy groups -OCH3 is 1. The monoisotopic (exact) mass is 265 g/mol. The molecule has 1 atom stereocenters. The van der Waals surface area contributed by atoms with E-state index in [1.807, 2.05) is 25.1 Å². The number of carbonyl (C=O) groups is 1. The molecule has 0 aromatic heterocycles. The van der Waals surface area contributed by atoms with Crippen molar-refractivity contribution in [3.05, 3.63) is 40.9 Å². The Bertz CT molecular complexity index is 477. The quantitative estimate of drug-likeness (QED) is 0.622. The maximum atomic E-state index is 11.5. The van der Waals surface area contributed by atoms with E-state index in [1.54, 1.807) is 0 Å². The van der Waals surface area contributed by atoms with Gasteiger partial charge in [0.25, 0.3) is 0 Å². The van der Waals surface area contributed by atoms with E-state index >= 15 is 0 Å². The molecule has 0 N–H and O–H groups in total. The van der Waals surface area contributed by atoms with E-state index in [-0.39, 0.29) is 11.9 Å². The Hall–Kier alpha value is -1.48. The molecule has 0 aliphatic carbocycles. The number of nitrogens with zero attached hydrogens (tertiary/aromatic N) is 1. The van der Waals surface area contributed by atoms with Gasteiger partial charge in [0.05, 0.1) is 23.7 Å². The van der Waals surface area contributed by atoms with Crippen molar-refractivity contribution in [1.29, 1.82) is 0 Å². The van der Waals surface area contributed by atoms with Gasteiger partial charge in [0, 0.05) is 13.1 Å². The summed E-state index contributed by atoms with van der Waals surface area (Å²) in [6, 6.07) is 5.74. The zero-order valence-electron chi connectivity index (χ0n) is 10.5. The molecule has 1 aromatic carbocycles. The minimum atomic E-state index is -0.293. The van der Waals surface area contributed by atoms with Crippen LogP contribution in [-0.2, 0) is 9.53 Å². The third kappa shape index (κ3) is 2.51. The van der Waals surface area contributed by atoms with E-state index in [4.69, 9.17) is 16.3 Å². The predicted molar refractivity (Wildman–Crippen MR) is 73.2 cm³/mol. The molecule has 0 radical (unpaired) electrons. The van der Waals surface area contributed by atoms with Crippen LogP contribution in [0.25, 0.3) is 0 Å². The first kappa shape index (κ1) is 13.0. The molecule has 0 saturated heterocycles. The molecule has 3 nitrogen and oxygen atoms in total. The largest absolute Gasteiger partial charge is 0.469 e. The molecule has 4 heteroatoms. The molecule has 0 amide bonds. The van der Waals surface area contributed by atoms with Crippen molar-refractivity contribution in [1.82, 2.24) is 0 Å².